The van der Waals surface area contributed by atoms with Gasteiger partial charge in [-0.3, -0.25) is 0 Å². The second kappa shape index (κ2) is 7.37. The number of thiocarbonyl (C=S) groups is 1. The third-order valence-corrected chi connectivity index (χ3v) is 6.48. The molecule has 3 rings (SSSR count). The first-order valence-electron chi connectivity index (χ1n) is 8.47. The lowest BCUT2D eigenvalue weighted by Gasteiger charge is -2.32. The molecular formula is C17H24N2O4S2. The normalized spacial score (nSPS) is 20.7. The molecule has 2 heterocycles. The van der Waals surface area contributed by atoms with E-state index in [2.05, 4.69) is 19.2 Å². The van der Waals surface area contributed by atoms with Crippen LogP contribution in [0, 0.1) is 5.92 Å². The second-order valence-corrected chi connectivity index (χ2v) is 9.56. The average Bonchev–Trinajstić information content (AvgIpc) is 3.15. The van der Waals surface area contributed by atoms with E-state index in [4.69, 9.17) is 21.7 Å². The predicted octanol–water partition coefficient (Wildman–Crippen LogP) is 1.93. The molecule has 0 unspecified atom stereocenters. The Labute approximate surface area is 154 Å². The molecule has 2 aliphatic heterocycles. The van der Waals surface area contributed by atoms with Gasteiger partial charge in [-0.05, 0) is 42.3 Å². The highest BCUT2D eigenvalue weighted by atomic mass is 32.2. The fourth-order valence-electron chi connectivity index (χ4n) is 3.14. The Balaban J connectivity index is 1.64. The lowest BCUT2D eigenvalue weighted by molar-refractivity contribution is 0.174. The molecule has 2 aliphatic rings. The van der Waals surface area contributed by atoms with Crippen molar-refractivity contribution in [3.63, 3.8) is 0 Å². The lowest BCUT2D eigenvalue weighted by Crippen LogP contribution is -2.48. The topological polar surface area (TPSA) is 67.9 Å². The highest BCUT2D eigenvalue weighted by Crippen LogP contribution is 2.32. The Kier molecular flexibility index (Phi) is 5.38. The van der Waals surface area contributed by atoms with Gasteiger partial charge in [0.15, 0.2) is 26.4 Å². The van der Waals surface area contributed by atoms with E-state index < -0.39 is 9.84 Å². The molecule has 6 nitrogen and oxygen atoms in total. The van der Waals surface area contributed by atoms with Crippen molar-refractivity contribution in [1.82, 2.24) is 10.2 Å². The molecule has 0 aliphatic carbocycles. The molecule has 0 aromatic heterocycles. The van der Waals surface area contributed by atoms with E-state index >= 15 is 0 Å². The van der Waals surface area contributed by atoms with Crippen LogP contribution in [0.1, 0.15) is 25.8 Å². The van der Waals surface area contributed by atoms with Crippen LogP contribution >= 0.6 is 12.2 Å². The summed E-state index contributed by atoms with van der Waals surface area (Å²) in [6.07, 6.45) is 0.640. The molecule has 0 bridgehead atoms. The number of hydrogen-bond donors (Lipinski definition) is 1. The van der Waals surface area contributed by atoms with Gasteiger partial charge in [-0.1, -0.05) is 19.9 Å². The second-order valence-electron chi connectivity index (χ2n) is 6.95. The molecule has 1 saturated heterocycles. The van der Waals surface area contributed by atoms with Crippen LogP contribution in [-0.4, -0.2) is 49.3 Å². The Bertz CT molecular complexity index is 749. The standard InChI is InChI=1S/C17H24N2O4S2/c1-12(2)9-19(14-5-6-25(20,21)10-14)17(24)18-8-13-3-4-15-16(7-13)23-11-22-15/h3-4,7,12,14H,5-6,8-11H2,1-2H3,(H,18,24)/t14-/m1/s1. The summed E-state index contributed by atoms with van der Waals surface area (Å²) in [5.41, 5.74) is 1.04. The molecule has 138 valence electrons. The molecule has 8 heteroatoms. The maximum atomic E-state index is 11.8. The van der Waals surface area contributed by atoms with Crippen molar-refractivity contribution in [2.75, 3.05) is 24.8 Å². The van der Waals surface area contributed by atoms with Gasteiger partial charge < -0.3 is 19.7 Å². The summed E-state index contributed by atoms with van der Waals surface area (Å²) in [6.45, 7) is 5.77. The van der Waals surface area contributed by atoms with E-state index in [9.17, 15) is 8.42 Å². The Morgan fingerprint density at radius 3 is 2.80 bits per heavy atom. The fraction of sp³-hybridized carbons (Fsp3) is 0.588. The molecular weight excluding hydrogens is 360 g/mol. The van der Waals surface area contributed by atoms with Crippen LogP contribution in [0.3, 0.4) is 0 Å². The number of sulfone groups is 1. The Morgan fingerprint density at radius 2 is 2.12 bits per heavy atom. The van der Waals surface area contributed by atoms with Crippen molar-refractivity contribution in [3.8, 4) is 11.5 Å². The number of ether oxygens (including phenoxy) is 2. The van der Waals surface area contributed by atoms with Gasteiger partial charge in [-0.15, -0.1) is 0 Å². The van der Waals surface area contributed by atoms with E-state index in [1.54, 1.807) is 0 Å². The van der Waals surface area contributed by atoms with Gasteiger partial charge in [-0.2, -0.15) is 0 Å². The lowest BCUT2D eigenvalue weighted by atomic mass is 10.1. The van der Waals surface area contributed by atoms with Gasteiger partial charge in [0, 0.05) is 19.1 Å². The van der Waals surface area contributed by atoms with Gasteiger partial charge >= 0.3 is 0 Å². The maximum Gasteiger partial charge on any atom is 0.231 e. The SMILES string of the molecule is CC(C)CN(C(=S)NCc1ccc2c(c1)OCO2)[C@@H]1CCS(=O)(=O)C1. The van der Waals surface area contributed by atoms with Crippen molar-refractivity contribution in [2.45, 2.75) is 32.9 Å². The van der Waals surface area contributed by atoms with Crippen LogP contribution < -0.4 is 14.8 Å². The summed E-state index contributed by atoms with van der Waals surface area (Å²) in [4.78, 5) is 2.04. The Hall–Kier alpha value is -1.54. The van der Waals surface area contributed by atoms with Crippen LogP contribution in [0.4, 0.5) is 0 Å². The number of fused-ring (bicyclic) bond motifs is 1. The van der Waals surface area contributed by atoms with E-state index in [1.165, 1.54) is 0 Å². The zero-order valence-corrected chi connectivity index (χ0v) is 16.2. The van der Waals surface area contributed by atoms with Gasteiger partial charge in [0.2, 0.25) is 6.79 Å². The number of nitrogens with zero attached hydrogens (tertiary/aromatic N) is 1. The zero-order valence-electron chi connectivity index (χ0n) is 14.5. The summed E-state index contributed by atoms with van der Waals surface area (Å²) in [6, 6.07) is 5.75. The molecule has 25 heavy (non-hydrogen) atoms. The minimum atomic E-state index is -2.94. The molecule has 1 atom stereocenters. The molecule has 1 N–H and O–H groups in total. The highest BCUT2D eigenvalue weighted by Gasteiger charge is 2.33. The van der Waals surface area contributed by atoms with E-state index in [1.807, 2.05) is 23.1 Å². The number of nitrogens with one attached hydrogen (secondary N) is 1. The minimum absolute atomic E-state index is 0.0378. The van der Waals surface area contributed by atoms with Crippen LogP contribution in [0.5, 0.6) is 11.5 Å². The maximum absolute atomic E-state index is 11.8. The smallest absolute Gasteiger partial charge is 0.231 e. The van der Waals surface area contributed by atoms with Crippen molar-refractivity contribution >= 4 is 27.2 Å². The summed E-state index contributed by atoms with van der Waals surface area (Å²) >= 11 is 5.57. The first kappa shape index (κ1) is 18.3. The molecule has 1 aromatic rings. The summed E-state index contributed by atoms with van der Waals surface area (Å²) < 4.78 is 34.4. The quantitative estimate of drug-likeness (QED) is 0.778. The fourth-order valence-corrected chi connectivity index (χ4v) is 5.17. The number of hydrogen-bond acceptors (Lipinski definition) is 5. The summed E-state index contributed by atoms with van der Waals surface area (Å²) in [5, 5.41) is 3.87. The van der Waals surface area contributed by atoms with Gasteiger partial charge in [-0.25, -0.2) is 8.42 Å². The first-order valence-corrected chi connectivity index (χ1v) is 10.7. The molecule has 0 amide bonds. The molecule has 0 saturated carbocycles. The predicted molar refractivity (Wildman–Crippen MR) is 101 cm³/mol. The van der Waals surface area contributed by atoms with Gasteiger partial charge in [0.1, 0.15) is 0 Å². The monoisotopic (exact) mass is 384 g/mol. The average molecular weight is 385 g/mol. The van der Waals surface area contributed by atoms with Gasteiger partial charge in [0.05, 0.1) is 11.5 Å². The summed E-state index contributed by atoms with van der Waals surface area (Å²) in [7, 11) is -2.94. The molecule has 0 spiro atoms. The molecule has 0 radical (unpaired) electrons. The van der Waals surface area contributed by atoms with Crippen molar-refractivity contribution in [2.24, 2.45) is 5.92 Å². The van der Waals surface area contributed by atoms with E-state index in [0.29, 0.717) is 24.0 Å². The minimum Gasteiger partial charge on any atom is -0.454 e. The van der Waals surface area contributed by atoms with Crippen molar-refractivity contribution < 1.29 is 17.9 Å². The summed E-state index contributed by atoms with van der Waals surface area (Å²) in [5.74, 6) is 2.33. The number of rotatable bonds is 5. The van der Waals surface area contributed by atoms with Crippen LogP contribution in [0.25, 0.3) is 0 Å². The first-order chi connectivity index (χ1) is 11.8. The van der Waals surface area contributed by atoms with E-state index in [0.717, 1.165) is 23.6 Å². The van der Waals surface area contributed by atoms with Crippen molar-refractivity contribution in [1.29, 1.82) is 0 Å². The van der Waals surface area contributed by atoms with E-state index in [-0.39, 0.29) is 24.3 Å². The Morgan fingerprint density at radius 1 is 1.36 bits per heavy atom. The largest absolute Gasteiger partial charge is 0.454 e. The third-order valence-electron chi connectivity index (χ3n) is 4.35. The molecule has 1 aromatic carbocycles. The van der Waals surface area contributed by atoms with Crippen LogP contribution in [-0.2, 0) is 16.4 Å². The zero-order chi connectivity index (χ0) is 18.0. The highest BCUT2D eigenvalue weighted by molar-refractivity contribution is 7.91. The van der Waals surface area contributed by atoms with Crippen LogP contribution in [0.2, 0.25) is 0 Å². The van der Waals surface area contributed by atoms with Gasteiger partial charge in [0.25, 0.3) is 0 Å². The number of benzene rings is 1. The third kappa shape index (κ3) is 4.55. The van der Waals surface area contributed by atoms with Crippen molar-refractivity contribution in [3.05, 3.63) is 23.8 Å². The van der Waals surface area contributed by atoms with Crippen LogP contribution in [0.15, 0.2) is 18.2 Å². The molecule has 1 fully saturated rings.